The second kappa shape index (κ2) is 4.63. The van der Waals surface area contributed by atoms with E-state index in [-0.39, 0.29) is 6.04 Å². The van der Waals surface area contributed by atoms with Crippen LogP contribution in [-0.2, 0) is 6.54 Å². The highest BCUT2D eigenvalue weighted by molar-refractivity contribution is 6.31. The fourth-order valence-corrected chi connectivity index (χ4v) is 1.92. The highest BCUT2D eigenvalue weighted by atomic mass is 35.5. The van der Waals surface area contributed by atoms with Crippen LogP contribution in [0.1, 0.15) is 24.2 Å². The Morgan fingerprint density at radius 3 is 2.75 bits per heavy atom. The van der Waals surface area contributed by atoms with E-state index in [4.69, 9.17) is 17.3 Å². The molecule has 1 unspecified atom stereocenters. The van der Waals surface area contributed by atoms with Gasteiger partial charge in [0.25, 0.3) is 0 Å². The molecule has 2 aromatic rings. The number of nitrogens with two attached hydrogens (primary N) is 1. The zero-order valence-corrected chi connectivity index (χ0v) is 9.72. The number of rotatable bonds is 3. The zero-order valence-electron chi connectivity index (χ0n) is 8.97. The maximum atomic E-state index is 6.16. The molecule has 84 valence electrons. The SMILES string of the molecule is CCn1ncc(Cl)c1C(N)c1ccncc1. The monoisotopic (exact) mass is 236 g/mol. The number of hydrogen-bond acceptors (Lipinski definition) is 3. The van der Waals surface area contributed by atoms with Gasteiger partial charge in [-0.1, -0.05) is 11.6 Å². The van der Waals surface area contributed by atoms with Crippen molar-refractivity contribution in [2.75, 3.05) is 0 Å². The second-order valence-corrected chi connectivity index (χ2v) is 3.86. The molecule has 0 saturated heterocycles. The average molecular weight is 237 g/mol. The van der Waals surface area contributed by atoms with Gasteiger partial charge in [-0.05, 0) is 24.6 Å². The van der Waals surface area contributed by atoms with E-state index in [0.29, 0.717) is 5.02 Å². The van der Waals surface area contributed by atoms with Crippen molar-refractivity contribution in [1.29, 1.82) is 0 Å². The van der Waals surface area contributed by atoms with Gasteiger partial charge in [0.05, 0.1) is 23.0 Å². The highest BCUT2D eigenvalue weighted by Crippen LogP contribution is 2.25. The third-order valence-corrected chi connectivity index (χ3v) is 2.78. The van der Waals surface area contributed by atoms with E-state index in [2.05, 4.69) is 10.1 Å². The Hall–Kier alpha value is -1.39. The van der Waals surface area contributed by atoms with Crippen LogP contribution < -0.4 is 5.73 Å². The number of nitrogens with zero attached hydrogens (tertiary/aromatic N) is 3. The van der Waals surface area contributed by atoms with E-state index in [1.54, 1.807) is 18.6 Å². The molecule has 0 aliphatic heterocycles. The van der Waals surface area contributed by atoms with Crippen LogP contribution >= 0.6 is 11.6 Å². The molecule has 0 aliphatic rings. The van der Waals surface area contributed by atoms with E-state index in [9.17, 15) is 0 Å². The molecule has 16 heavy (non-hydrogen) atoms. The summed E-state index contributed by atoms with van der Waals surface area (Å²) in [6.07, 6.45) is 5.06. The molecule has 1 atom stereocenters. The topological polar surface area (TPSA) is 56.7 Å². The van der Waals surface area contributed by atoms with E-state index >= 15 is 0 Å². The lowest BCUT2D eigenvalue weighted by Crippen LogP contribution is -2.17. The van der Waals surface area contributed by atoms with Crippen LogP contribution in [0.15, 0.2) is 30.7 Å². The smallest absolute Gasteiger partial charge is 0.0837 e. The van der Waals surface area contributed by atoms with Gasteiger partial charge >= 0.3 is 0 Å². The van der Waals surface area contributed by atoms with E-state index in [0.717, 1.165) is 17.8 Å². The molecule has 0 saturated carbocycles. The molecule has 2 rings (SSSR count). The molecule has 0 amide bonds. The third-order valence-electron chi connectivity index (χ3n) is 2.49. The highest BCUT2D eigenvalue weighted by Gasteiger charge is 2.17. The molecule has 0 radical (unpaired) electrons. The maximum absolute atomic E-state index is 6.16. The minimum Gasteiger partial charge on any atom is -0.319 e. The normalized spacial score (nSPS) is 12.7. The maximum Gasteiger partial charge on any atom is 0.0837 e. The molecule has 0 fully saturated rings. The van der Waals surface area contributed by atoms with Gasteiger partial charge in [0.1, 0.15) is 0 Å². The van der Waals surface area contributed by atoms with Crippen LogP contribution in [0.5, 0.6) is 0 Å². The molecule has 0 aliphatic carbocycles. The van der Waals surface area contributed by atoms with Crippen molar-refractivity contribution < 1.29 is 0 Å². The molecular formula is C11H13ClN4. The summed E-state index contributed by atoms with van der Waals surface area (Å²) < 4.78 is 1.81. The van der Waals surface area contributed by atoms with Crippen molar-refractivity contribution in [1.82, 2.24) is 14.8 Å². The lowest BCUT2D eigenvalue weighted by atomic mass is 10.1. The van der Waals surface area contributed by atoms with Crippen molar-refractivity contribution in [3.05, 3.63) is 47.0 Å². The van der Waals surface area contributed by atoms with Crippen molar-refractivity contribution >= 4 is 11.6 Å². The molecule has 4 nitrogen and oxygen atoms in total. The Balaban J connectivity index is 2.41. The predicted octanol–water partition coefficient (Wildman–Crippen LogP) is 2.00. The summed E-state index contributed by atoms with van der Waals surface area (Å²) in [5, 5.41) is 4.77. The van der Waals surface area contributed by atoms with Crippen molar-refractivity contribution in [3.63, 3.8) is 0 Å². The van der Waals surface area contributed by atoms with Gasteiger partial charge in [0, 0.05) is 18.9 Å². The molecule has 5 heteroatoms. The zero-order chi connectivity index (χ0) is 11.5. The van der Waals surface area contributed by atoms with E-state index in [1.807, 2.05) is 23.7 Å². The number of aryl methyl sites for hydroxylation is 1. The van der Waals surface area contributed by atoms with Gasteiger partial charge in [-0.2, -0.15) is 5.10 Å². The quantitative estimate of drug-likeness (QED) is 0.887. The molecular weight excluding hydrogens is 224 g/mol. The predicted molar refractivity (Wildman–Crippen MR) is 63.2 cm³/mol. The minimum atomic E-state index is -0.266. The van der Waals surface area contributed by atoms with Crippen LogP contribution in [0.3, 0.4) is 0 Å². The first-order valence-electron chi connectivity index (χ1n) is 5.10. The first-order chi connectivity index (χ1) is 7.74. The van der Waals surface area contributed by atoms with Crippen molar-refractivity contribution in [2.45, 2.75) is 19.5 Å². The number of pyridine rings is 1. The van der Waals surface area contributed by atoms with Crippen LogP contribution in [-0.4, -0.2) is 14.8 Å². The molecule has 2 N–H and O–H groups in total. The van der Waals surface area contributed by atoms with Crippen LogP contribution in [0.4, 0.5) is 0 Å². The number of hydrogen-bond donors (Lipinski definition) is 1. The lowest BCUT2D eigenvalue weighted by Gasteiger charge is -2.14. The Bertz CT molecular complexity index is 466. The van der Waals surface area contributed by atoms with Gasteiger partial charge in [0.2, 0.25) is 0 Å². The summed E-state index contributed by atoms with van der Waals surface area (Å²) in [5.41, 5.74) is 7.99. The van der Waals surface area contributed by atoms with Gasteiger partial charge in [-0.25, -0.2) is 0 Å². The van der Waals surface area contributed by atoms with Crippen molar-refractivity contribution in [2.24, 2.45) is 5.73 Å². The van der Waals surface area contributed by atoms with Gasteiger partial charge in [-0.3, -0.25) is 9.67 Å². The fraction of sp³-hybridized carbons (Fsp3) is 0.273. The van der Waals surface area contributed by atoms with Crippen LogP contribution in [0.25, 0.3) is 0 Å². The minimum absolute atomic E-state index is 0.266. The van der Waals surface area contributed by atoms with E-state index in [1.165, 1.54) is 0 Å². The Morgan fingerprint density at radius 2 is 2.12 bits per heavy atom. The van der Waals surface area contributed by atoms with Crippen LogP contribution in [0.2, 0.25) is 5.02 Å². The van der Waals surface area contributed by atoms with Crippen molar-refractivity contribution in [3.8, 4) is 0 Å². The fourth-order valence-electron chi connectivity index (χ4n) is 1.66. The largest absolute Gasteiger partial charge is 0.319 e. The first-order valence-corrected chi connectivity index (χ1v) is 5.48. The Kier molecular flexibility index (Phi) is 3.22. The van der Waals surface area contributed by atoms with Gasteiger partial charge < -0.3 is 5.73 Å². The van der Waals surface area contributed by atoms with E-state index < -0.39 is 0 Å². The summed E-state index contributed by atoms with van der Waals surface area (Å²) in [4.78, 5) is 3.96. The van der Waals surface area contributed by atoms with Gasteiger partial charge in [0.15, 0.2) is 0 Å². The molecule has 2 heterocycles. The third kappa shape index (κ3) is 1.94. The lowest BCUT2D eigenvalue weighted by molar-refractivity contribution is 0.601. The number of halogens is 1. The summed E-state index contributed by atoms with van der Waals surface area (Å²) in [5.74, 6) is 0. The Morgan fingerprint density at radius 1 is 1.44 bits per heavy atom. The van der Waals surface area contributed by atoms with Crippen LogP contribution in [0, 0.1) is 0 Å². The molecule has 0 spiro atoms. The summed E-state index contributed by atoms with van der Waals surface area (Å²) >= 11 is 6.09. The Labute approximate surface area is 99.1 Å². The average Bonchev–Trinajstić information content (AvgIpc) is 2.70. The molecule has 0 bridgehead atoms. The standard InChI is InChI=1S/C11H13ClN4/c1-2-16-11(9(12)7-15-16)10(13)8-3-5-14-6-4-8/h3-7,10H,2,13H2,1H3. The second-order valence-electron chi connectivity index (χ2n) is 3.45. The number of aromatic nitrogens is 3. The molecule has 2 aromatic heterocycles. The first kappa shape index (κ1) is 11.1. The summed E-state index contributed by atoms with van der Waals surface area (Å²) in [7, 11) is 0. The molecule has 0 aromatic carbocycles. The summed E-state index contributed by atoms with van der Waals surface area (Å²) in [6, 6.07) is 3.50. The van der Waals surface area contributed by atoms with Gasteiger partial charge in [-0.15, -0.1) is 0 Å². The summed E-state index contributed by atoms with van der Waals surface area (Å²) in [6.45, 7) is 2.76.